The van der Waals surface area contributed by atoms with Gasteiger partial charge in [-0.3, -0.25) is 9.71 Å². The second kappa shape index (κ2) is 14.6. The van der Waals surface area contributed by atoms with E-state index in [1.54, 1.807) is 48.8 Å². The molecular weight excluding hydrogens is 600 g/mol. The molecule has 46 heavy (non-hydrogen) atoms. The number of benzene rings is 4. The Bertz CT molecular complexity index is 1930. The van der Waals surface area contributed by atoms with Crippen molar-refractivity contribution < 1.29 is 23.0 Å². The van der Waals surface area contributed by atoms with Crippen LogP contribution in [0.15, 0.2) is 109 Å². The molecule has 0 amide bonds. The average Bonchev–Trinajstić information content (AvgIpc) is 3.05. The fraction of sp³-hybridized carbons (Fsp3) is 0.167. The number of aromatic nitrogens is 1. The van der Waals surface area contributed by atoms with Crippen LogP contribution in [0.5, 0.6) is 17.2 Å². The molecule has 0 fully saturated rings. The monoisotopic (exact) mass is 634 g/mol. The fourth-order valence-electron chi connectivity index (χ4n) is 4.93. The summed E-state index contributed by atoms with van der Waals surface area (Å²) in [6.07, 6.45) is 4.58. The van der Waals surface area contributed by atoms with Gasteiger partial charge in [-0.1, -0.05) is 48.5 Å². The summed E-state index contributed by atoms with van der Waals surface area (Å²) in [7, 11) is -3.46. The summed E-state index contributed by atoms with van der Waals surface area (Å²) >= 11 is 0. The lowest BCUT2D eigenvalue weighted by Gasteiger charge is -2.28. The molecule has 1 heterocycles. The molecule has 0 radical (unpaired) electrons. The molecule has 4 aromatic carbocycles. The number of nitrogens with one attached hydrogen (secondary N) is 1. The van der Waals surface area contributed by atoms with Crippen LogP contribution < -0.4 is 19.1 Å². The van der Waals surface area contributed by atoms with E-state index in [-0.39, 0.29) is 6.61 Å². The van der Waals surface area contributed by atoms with Crippen molar-refractivity contribution in [3.8, 4) is 17.2 Å². The van der Waals surface area contributed by atoms with Gasteiger partial charge in [-0.25, -0.2) is 13.3 Å². The van der Waals surface area contributed by atoms with Gasteiger partial charge in [0, 0.05) is 42.8 Å². The van der Waals surface area contributed by atoms with Crippen LogP contribution in [0.4, 0.5) is 17.1 Å². The number of hydrogen-bond acceptors (Lipinski definition) is 7. The van der Waals surface area contributed by atoms with E-state index in [9.17, 15) is 13.5 Å². The third-order valence-corrected chi connectivity index (χ3v) is 7.75. The first kappa shape index (κ1) is 32.0. The van der Waals surface area contributed by atoms with Crippen molar-refractivity contribution in [3.63, 3.8) is 0 Å². The molecule has 2 N–H and O–H groups in total. The number of aliphatic hydroxyl groups is 1. The third kappa shape index (κ3) is 8.85. The predicted molar refractivity (Wildman–Crippen MR) is 180 cm³/mol. The number of aliphatic hydroxyl groups excluding tert-OH is 1. The number of nitrogens with zero attached hydrogens (tertiary/aromatic N) is 3. The van der Waals surface area contributed by atoms with Crippen LogP contribution in [0.1, 0.15) is 27.8 Å². The van der Waals surface area contributed by atoms with Crippen LogP contribution in [0.25, 0.3) is 4.85 Å². The van der Waals surface area contributed by atoms with Gasteiger partial charge in [0.05, 0.1) is 25.1 Å². The molecule has 1 aromatic heterocycles. The maximum atomic E-state index is 12.0. The second-order valence-corrected chi connectivity index (χ2v) is 12.6. The number of pyridine rings is 1. The zero-order chi connectivity index (χ0) is 32.5. The minimum Gasteiger partial charge on any atom is -0.489 e. The van der Waals surface area contributed by atoms with Crippen LogP contribution in [0.2, 0.25) is 0 Å². The molecule has 0 saturated carbocycles. The first-order valence-corrected chi connectivity index (χ1v) is 16.4. The summed E-state index contributed by atoms with van der Waals surface area (Å²) in [5.74, 6) is 1.73. The van der Waals surface area contributed by atoms with Crippen LogP contribution in [0.3, 0.4) is 0 Å². The first-order valence-electron chi connectivity index (χ1n) is 14.5. The van der Waals surface area contributed by atoms with Crippen molar-refractivity contribution in [2.45, 2.75) is 33.2 Å². The molecule has 234 valence electrons. The molecule has 0 aliphatic heterocycles. The summed E-state index contributed by atoms with van der Waals surface area (Å²) < 4.78 is 38.7. The number of hydrogen-bond donors (Lipinski definition) is 2. The van der Waals surface area contributed by atoms with Crippen molar-refractivity contribution in [3.05, 3.63) is 149 Å². The molecule has 0 bridgehead atoms. The van der Waals surface area contributed by atoms with Gasteiger partial charge in [-0.2, -0.15) is 0 Å². The fourth-order valence-corrected chi connectivity index (χ4v) is 5.55. The highest BCUT2D eigenvalue weighted by Crippen LogP contribution is 2.32. The number of anilines is 2. The van der Waals surface area contributed by atoms with Gasteiger partial charge in [0.25, 0.3) is 0 Å². The SMILES string of the molecule is [C-]#[N+]c1ccc(CN(Cc2ccc(Oc3cc(CO)cc(OCc4cccnc4)c3)cc2)c2cccc(NS(C)(=O)=O)c2C)cc1. The van der Waals surface area contributed by atoms with E-state index < -0.39 is 10.0 Å². The van der Waals surface area contributed by atoms with E-state index in [4.69, 9.17) is 16.0 Å². The zero-order valence-corrected chi connectivity index (χ0v) is 26.4. The molecule has 0 unspecified atom stereocenters. The minimum absolute atomic E-state index is 0.157. The molecule has 5 aromatic rings. The summed E-state index contributed by atoms with van der Waals surface area (Å²) in [6.45, 7) is 10.4. The average molecular weight is 635 g/mol. The summed E-state index contributed by atoms with van der Waals surface area (Å²) in [5, 5.41) is 9.80. The Morgan fingerprint density at radius 3 is 2.17 bits per heavy atom. The minimum atomic E-state index is -3.46. The molecule has 0 saturated heterocycles. The lowest BCUT2D eigenvalue weighted by molar-refractivity contribution is 0.276. The Hall–Kier alpha value is -5.37. The van der Waals surface area contributed by atoms with E-state index >= 15 is 0 Å². The number of rotatable bonds is 13. The third-order valence-electron chi connectivity index (χ3n) is 7.16. The van der Waals surface area contributed by atoms with Crippen molar-refractivity contribution >= 4 is 27.1 Å². The van der Waals surface area contributed by atoms with Crippen molar-refractivity contribution in [2.75, 3.05) is 15.9 Å². The van der Waals surface area contributed by atoms with Crippen LogP contribution in [-0.4, -0.2) is 24.8 Å². The normalized spacial score (nSPS) is 11.0. The van der Waals surface area contributed by atoms with Gasteiger partial charge in [-0.15, -0.1) is 0 Å². The predicted octanol–water partition coefficient (Wildman–Crippen LogP) is 7.38. The second-order valence-electron chi connectivity index (χ2n) is 10.8. The number of ether oxygens (including phenoxy) is 2. The van der Waals surface area contributed by atoms with Gasteiger partial charge >= 0.3 is 0 Å². The highest BCUT2D eigenvalue weighted by molar-refractivity contribution is 7.92. The van der Waals surface area contributed by atoms with Gasteiger partial charge in [0.15, 0.2) is 5.69 Å². The molecule has 0 atom stereocenters. The Balaban J connectivity index is 1.35. The largest absolute Gasteiger partial charge is 0.489 e. The Labute approximate surface area is 269 Å². The molecule has 10 heteroatoms. The summed E-state index contributed by atoms with van der Waals surface area (Å²) in [6, 6.07) is 29.8. The highest BCUT2D eigenvalue weighted by atomic mass is 32.2. The smallest absolute Gasteiger partial charge is 0.229 e. The topological polar surface area (TPSA) is 105 Å². The quantitative estimate of drug-likeness (QED) is 0.130. The van der Waals surface area contributed by atoms with Crippen molar-refractivity contribution in [1.82, 2.24) is 4.98 Å². The summed E-state index contributed by atoms with van der Waals surface area (Å²) in [4.78, 5) is 9.77. The first-order chi connectivity index (χ1) is 22.2. The van der Waals surface area contributed by atoms with Gasteiger partial charge < -0.3 is 19.5 Å². The maximum absolute atomic E-state index is 12.0. The maximum Gasteiger partial charge on any atom is 0.229 e. The van der Waals surface area contributed by atoms with Gasteiger partial charge in [0.1, 0.15) is 23.9 Å². The highest BCUT2D eigenvalue weighted by Gasteiger charge is 2.16. The van der Waals surface area contributed by atoms with E-state index in [0.717, 1.165) is 34.2 Å². The standard InChI is InChI=1S/C36H34N4O5S/c1-26-35(39-46(3,42)43)7-4-8-36(26)40(22-27-9-13-31(37-2)14-10-27)23-28-11-15-32(16-12-28)45-34-19-30(24-41)18-33(20-34)44-25-29-6-5-17-38-21-29/h4-21,39,41H,22-25H2,1,3H3. The molecule has 5 rings (SSSR count). The molecule has 9 nitrogen and oxygen atoms in total. The van der Waals surface area contributed by atoms with Crippen LogP contribution in [-0.2, 0) is 36.3 Å². The number of sulfonamides is 1. The Morgan fingerprint density at radius 1 is 0.848 bits per heavy atom. The van der Waals surface area contributed by atoms with Gasteiger partial charge in [0.2, 0.25) is 10.0 Å². The van der Waals surface area contributed by atoms with E-state index in [0.29, 0.717) is 53.9 Å². The lowest BCUT2D eigenvalue weighted by Crippen LogP contribution is -2.23. The van der Waals surface area contributed by atoms with Crippen molar-refractivity contribution in [2.24, 2.45) is 0 Å². The van der Waals surface area contributed by atoms with E-state index in [1.165, 1.54) is 0 Å². The molecule has 0 aliphatic carbocycles. The van der Waals surface area contributed by atoms with Crippen LogP contribution in [0, 0.1) is 13.5 Å². The zero-order valence-electron chi connectivity index (χ0n) is 25.6. The molecule has 0 aliphatic rings. The summed E-state index contributed by atoms with van der Waals surface area (Å²) in [5.41, 5.74) is 6.38. The Kier molecular flexibility index (Phi) is 10.2. The van der Waals surface area contributed by atoms with Crippen LogP contribution >= 0.6 is 0 Å². The van der Waals surface area contributed by atoms with E-state index in [2.05, 4.69) is 19.5 Å². The molecule has 0 spiro atoms. The Morgan fingerprint density at radius 2 is 1.54 bits per heavy atom. The van der Waals surface area contributed by atoms with Crippen molar-refractivity contribution in [1.29, 1.82) is 0 Å². The lowest BCUT2D eigenvalue weighted by atomic mass is 10.1. The van der Waals surface area contributed by atoms with E-state index in [1.807, 2.05) is 67.6 Å². The van der Waals surface area contributed by atoms with Gasteiger partial charge in [-0.05, 0) is 71.6 Å². The molecular formula is C36H34N4O5S.